The molecule has 4 N–H and O–H groups in total. The molecule has 0 radical (unpaired) electrons. The van der Waals surface area contributed by atoms with Crippen molar-refractivity contribution in [2.45, 2.75) is 0 Å². The molecule has 0 bridgehead atoms. The van der Waals surface area contributed by atoms with Crippen LogP contribution in [0.2, 0.25) is 0 Å². The van der Waals surface area contributed by atoms with Gasteiger partial charge in [-0.15, -0.1) is 0 Å². The van der Waals surface area contributed by atoms with Crippen molar-refractivity contribution < 1.29 is 38.7 Å². The first kappa shape index (κ1) is 9.84. The molecule has 0 rings (SSSR count). The van der Waals surface area contributed by atoms with Crippen molar-refractivity contribution >= 4 is 9.05 Å². The third-order valence-corrected chi connectivity index (χ3v) is 0. The van der Waals surface area contributed by atoms with Gasteiger partial charge < -0.3 is 19.2 Å². The normalized spacial score (nSPS) is 10.0. The fourth-order valence-corrected chi connectivity index (χ4v) is 0. The molecule has 0 saturated heterocycles. The van der Waals surface area contributed by atoms with Crippen LogP contribution in [-0.4, -0.2) is 28.2 Å². The van der Waals surface area contributed by atoms with Crippen LogP contribution in [0, 0.1) is 0 Å². The molecule has 0 atom stereocenters. The fourth-order valence-electron chi connectivity index (χ4n) is 0. The first-order valence-electron chi connectivity index (χ1n) is 0.894. The first-order valence-corrected chi connectivity index (χ1v) is 2.68. The van der Waals surface area contributed by atoms with Gasteiger partial charge >= 0.3 is 9.05 Å². The molecular formula is H4O4RuSi. The van der Waals surface area contributed by atoms with Crippen LogP contribution >= 0.6 is 0 Å². The second kappa shape index (κ2) is 2.79. The minimum Gasteiger partial charge on any atom is -0.368 e. The van der Waals surface area contributed by atoms with Gasteiger partial charge in [0, 0.05) is 19.5 Å². The summed E-state index contributed by atoms with van der Waals surface area (Å²) in [4.78, 5) is 29.3. The molecule has 0 fully saturated rings. The number of rotatable bonds is 0. The Labute approximate surface area is 48.3 Å². The van der Waals surface area contributed by atoms with E-state index in [1.807, 2.05) is 0 Å². The minimum absolute atomic E-state index is 0. The summed E-state index contributed by atoms with van der Waals surface area (Å²) in [6.07, 6.45) is 0. The molecule has 4 nitrogen and oxygen atoms in total. The summed E-state index contributed by atoms with van der Waals surface area (Å²) in [6.45, 7) is 0. The van der Waals surface area contributed by atoms with E-state index in [1.165, 1.54) is 0 Å². The quantitative estimate of drug-likeness (QED) is 0.321. The second-order valence-electron chi connectivity index (χ2n) is 0.600. The smallest absolute Gasteiger partial charge is 0.368 e. The van der Waals surface area contributed by atoms with Crippen LogP contribution in [0.3, 0.4) is 0 Å². The molecule has 0 amide bonds. The van der Waals surface area contributed by atoms with Crippen molar-refractivity contribution in [2.75, 3.05) is 0 Å². The maximum Gasteiger partial charge on any atom is 0.668 e. The van der Waals surface area contributed by atoms with E-state index in [9.17, 15) is 0 Å². The molecule has 0 unspecified atom stereocenters. The van der Waals surface area contributed by atoms with Crippen LogP contribution in [0.1, 0.15) is 0 Å². The Morgan fingerprint density at radius 2 is 0.833 bits per heavy atom. The summed E-state index contributed by atoms with van der Waals surface area (Å²) in [7, 11) is -4.61. The van der Waals surface area contributed by atoms with Crippen molar-refractivity contribution in [3.05, 3.63) is 0 Å². The van der Waals surface area contributed by atoms with Gasteiger partial charge in [0.25, 0.3) is 0 Å². The van der Waals surface area contributed by atoms with Gasteiger partial charge in [-0.25, -0.2) is 0 Å². The van der Waals surface area contributed by atoms with E-state index in [2.05, 4.69) is 0 Å². The molecule has 40 valence electrons. The third-order valence-electron chi connectivity index (χ3n) is 0. The van der Waals surface area contributed by atoms with Crippen LogP contribution in [-0.2, 0) is 19.5 Å². The van der Waals surface area contributed by atoms with Gasteiger partial charge in [-0.3, -0.25) is 0 Å². The maximum absolute atomic E-state index is 7.33. The van der Waals surface area contributed by atoms with E-state index < -0.39 is 9.05 Å². The summed E-state index contributed by atoms with van der Waals surface area (Å²) in [5.41, 5.74) is 0. The summed E-state index contributed by atoms with van der Waals surface area (Å²) in [5.74, 6) is 0. The predicted molar refractivity (Wildman–Crippen MR) is 14.6 cm³/mol. The second-order valence-corrected chi connectivity index (χ2v) is 1.80. The zero-order chi connectivity index (χ0) is 4.50. The van der Waals surface area contributed by atoms with Crippen LogP contribution in [0.4, 0.5) is 0 Å². The van der Waals surface area contributed by atoms with Crippen LogP contribution in [0.5, 0.6) is 0 Å². The zero-order valence-corrected chi connectivity index (χ0v) is 5.38. The van der Waals surface area contributed by atoms with Crippen molar-refractivity contribution in [3.8, 4) is 0 Å². The van der Waals surface area contributed by atoms with E-state index in [0.717, 1.165) is 0 Å². The monoisotopic (exact) mass is 198 g/mol. The summed E-state index contributed by atoms with van der Waals surface area (Å²) in [5, 5.41) is 0. The Kier molecular flexibility index (Phi) is 4.57. The molecular weight excluding hydrogens is 193 g/mol. The number of hydrogen-bond acceptors (Lipinski definition) is 4. The molecule has 0 spiro atoms. The molecule has 0 aromatic carbocycles. The van der Waals surface area contributed by atoms with Crippen molar-refractivity contribution in [1.29, 1.82) is 0 Å². The molecule has 6 heteroatoms. The predicted octanol–water partition coefficient (Wildman–Crippen LogP) is -2.61. The molecule has 0 heterocycles. The standard InChI is InChI=1S/H4O4Si.Ru/c1-5(2,3)4;/h1-4H;. The average molecular weight is 197 g/mol. The van der Waals surface area contributed by atoms with Crippen molar-refractivity contribution in [3.63, 3.8) is 0 Å². The molecule has 0 aliphatic carbocycles. The Balaban J connectivity index is 0. The van der Waals surface area contributed by atoms with Gasteiger partial charge in [0.15, 0.2) is 0 Å². The van der Waals surface area contributed by atoms with Gasteiger partial charge in [0.05, 0.1) is 0 Å². The summed E-state index contributed by atoms with van der Waals surface area (Å²) in [6, 6.07) is 0. The van der Waals surface area contributed by atoms with Crippen LogP contribution < -0.4 is 0 Å². The fraction of sp³-hybridized carbons (Fsp3) is 0. The Morgan fingerprint density at radius 3 is 0.833 bits per heavy atom. The largest absolute Gasteiger partial charge is 0.668 e. The number of hydrogen-bond donors (Lipinski definition) is 4. The van der Waals surface area contributed by atoms with Gasteiger partial charge in [-0.1, -0.05) is 0 Å². The zero-order valence-electron chi connectivity index (χ0n) is 2.64. The molecule has 6 heavy (non-hydrogen) atoms. The molecule has 0 aliphatic rings. The van der Waals surface area contributed by atoms with Gasteiger partial charge in [-0.2, -0.15) is 0 Å². The van der Waals surface area contributed by atoms with E-state index in [4.69, 9.17) is 19.2 Å². The van der Waals surface area contributed by atoms with E-state index >= 15 is 0 Å². The SMILES string of the molecule is O[Si](O)(O)O.[Ru]. The van der Waals surface area contributed by atoms with Crippen LogP contribution in [0.25, 0.3) is 0 Å². The topological polar surface area (TPSA) is 80.9 Å². The maximum atomic E-state index is 7.33. The van der Waals surface area contributed by atoms with Crippen LogP contribution in [0.15, 0.2) is 0 Å². The van der Waals surface area contributed by atoms with E-state index in [0.29, 0.717) is 0 Å². The van der Waals surface area contributed by atoms with Gasteiger partial charge in [0.2, 0.25) is 0 Å². The minimum atomic E-state index is -4.61. The Hall–Kier alpha value is 0.680. The average Bonchev–Trinajstić information content (AvgIpc) is 0.722. The molecule has 0 aromatic rings. The molecule has 0 saturated carbocycles. The van der Waals surface area contributed by atoms with Gasteiger partial charge in [-0.05, 0) is 0 Å². The molecule has 0 aromatic heterocycles. The summed E-state index contributed by atoms with van der Waals surface area (Å²) >= 11 is 0. The van der Waals surface area contributed by atoms with Crippen molar-refractivity contribution in [1.82, 2.24) is 0 Å². The van der Waals surface area contributed by atoms with Gasteiger partial charge in [0.1, 0.15) is 0 Å². The summed E-state index contributed by atoms with van der Waals surface area (Å²) < 4.78 is 0. The Bertz CT molecular complexity index is 23.0. The first-order chi connectivity index (χ1) is 2.00. The third kappa shape index (κ3) is 137. The van der Waals surface area contributed by atoms with E-state index in [-0.39, 0.29) is 19.5 Å². The Morgan fingerprint density at radius 1 is 0.833 bits per heavy atom. The van der Waals surface area contributed by atoms with Crippen molar-refractivity contribution in [2.24, 2.45) is 0 Å². The molecule has 0 aliphatic heterocycles. The van der Waals surface area contributed by atoms with E-state index in [1.54, 1.807) is 0 Å².